The number of aromatic nitrogens is 3. The van der Waals surface area contributed by atoms with Crippen molar-refractivity contribution in [3.63, 3.8) is 0 Å². The van der Waals surface area contributed by atoms with Crippen LogP contribution in [0.15, 0.2) is 42.5 Å². The Bertz CT molecular complexity index is 1140. The molecule has 2 heterocycles. The third kappa shape index (κ3) is 4.13. The molecule has 160 valence electrons. The van der Waals surface area contributed by atoms with Crippen LogP contribution in [-0.4, -0.2) is 62.8 Å². The minimum absolute atomic E-state index is 0.223. The molecule has 31 heavy (non-hydrogen) atoms. The van der Waals surface area contributed by atoms with Crippen molar-refractivity contribution in [2.45, 2.75) is 6.92 Å². The van der Waals surface area contributed by atoms with Gasteiger partial charge in [0.2, 0.25) is 0 Å². The molecular weight excluding hydrogens is 444 g/mol. The standard InChI is InChI=1S/C21H18Cl2FN5O2/c1-13-19(25-26-29(13)15-7-5-14(24)6-8-15)21(31)28-11-9-27(10-12-28)20(30)16-3-2-4-17(22)18(16)23/h2-8H,9-12H2,1H3. The Morgan fingerprint density at radius 1 is 0.935 bits per heavy atom. The molecule has 0 atom stereocenters. The highest BCUT2D eigenvalue weighted by molar-refractivity contribution is 6.43. The molecule has 2 amide bonds. The maximum atomic E-state index is 13.2. The first kappa shape index (κ1) is 21.3. The molecule has 1 fully saturated rings. The normalized spacial score (nSPS) is 14.1. The Morgan fingerprint density at radius 2 is 1.55 bits per heavy atom. The summed E-state index contributed by atoms with van der Waals surface area (Å²) < 4.78 is 14.7. The van der Waals surface area contributed by atoms with Crippen LogP contribution in [-0.2, 0) is 0 Å². The van der Waals surface area contributed by atoms with E-state index in [0.29, 0.717) is 48.1 Å². The van der Waals surface area contributed by atoms with E-state index in [1.807, 2.05) is 0 Å². The van der Waals surface area contributed by atoms with Crippen molar-refractivity contribution in [3.8, 4) is 5.69 Å². The predicted molar refractivity (Wildman–Crippen MR) is 114 cm³/mol. The zero-order chi connectivity index (χ0) is 22.1. The van der Waals surface area contributed by atoms with E-state index < -0.39 is 0 Å². The van der Waals surface area contributed by atoms with Gasteiger partial charge < -0.3 is 9.80 Å². The highest BCUT2D eigenvalue weighted by atomic mass is 35.5. The van der Waals surface area contributed by atoms with Crippen molar-refractivity contribution in [1.82, 2.24) is 24.8 Å². The van der Waals surface area contributed by atoms with Gasteiger partial charge in [-0.1, -0.05) is 34.5 Å². The van der Waals surface area contributed by atoms with Crippen molar-refractivity contribution in [2.75, 3.05) is 26.2 Å². The number of carbonyl (C=O) groups is 2. The van der Waals surface area contributed by atoms with Crippen LogP contribution >= 0.6 is 23.2 Å². The van der Waals surface area contributed by atoms with Crippen molar-refractivity contribution < 1.29 is 14.0 Å². The van der Waals surface area contributed by atoms with Crippen molar-refractivity contribution in [1.29, 1.82) is 0 Å². The Kier molecular flexibility index (Phi) is 5.93. The van der Waals surface area contributed by atoms with Crippen LogP contribution in [0, 0.1) is 12.7 Å². The van der Waals surface area contributed by atoms with Gasteiger partial charge in [-0.05, 0) is 43.3 Å². The van der Waals surface area contributed by atoms with E-state index in [0.717, 1.165) is 0 Å². The first-order chi connectivity index (χ1) is 14.9. The highest BCUT2D eigenvalue weighted by Gasteiger charge is 2.29. The fraction of sp³-hybridized carbons (Fsp3) is 0.238. The van der Waals surface area contributed by atoms with E-state index in [2.05, 4.69) is 10.3 Å². The van der Waals surface area contributed by atoms with Crippen LogP contribution in [0.1, 0.15) is 26.5 Å². The molecule has 1 aliphatic heterocycles. The van der Waals surface area contributed by atoms with E-state index in [9.17, 15) is 14.0 Å². The van der Waals surface area contributed by atoms with Crippen LogP contribution in [0.4, 0.5) is 4.39 Å². The number of nitrogens with zero attached hydrogens (tertiary/aromatic N) is 5. The fourth-order valence-electron chi connectivity index (χ4n) is 3.46. The monoisotopic (exact) mass is 461 g/mol. The average Bonchev–Trinajstić information content (AvgIpc) is 3.16. The van der Waals surface area contributed by atoms with Gasteiger partial charge in [0.15, 0.2) is 5.69 Å². The molecule has 7 nitrogen and oxygen atoms in total. The van der Waals surface area contributed by atoms with E-state index in [1.165, 1.54) is 16.8 Å². The van der Waals surface area contributed by atoms with E-state index in [-0.39, 0.29) is 28.3 Å². The maximum absolute atomic E-state index is 13.2. The molecule has 4 rings (SSSR count). The quantitative estimate of drug-likeness (QED) is 0.596. The average molecular weight is 462 g/mol. The zero-order valence-electron chi connectivity index (χ0n) is 16.6. The largest absolute Gasteiger partial charge is 0.335 e. The number of benzene rings is 2. The van der Waals surface area contributed by atoms with Gasteiger partial charge in [0.25, 0.3) is 11.8 Å². The van der Waals surface area contributed by atoms with E-state index >= 15 is 0 Å². The second-order valence-electron chi connectivity index (χ2n) is 7.10. The number of amides is 2. The maximum Gasteiger partial charge on any atom is 0.276 e. The molecule has 2 aromatic carbocycles. The summed E-state index contributed by atoms with van der Waals surface area (Å²) in [7, 11) is 0. The van der Waals surface area contributed by atoms with Gasteiger partial charge >= 0.3 is 0 Å². The molecule has 0 saturated carbocycles. The Balaban J connectivity index is 1.45. The van der Waals surface area contributed by atoms with Crippen LogP contribution in [0.2, 0.25) is 10.0 Å². The van der Waals surface area contributed by atoms with Gasteiger partial charge in [-0.2, -0.15) is 0 Å². The minimum atomic E-state index is -0.357. The summed E-state index contributed by atoms with van der Waals surface area (Å²) in [6.07, 6.45) is 0. The SMILES string of the molecule is Cc1c(C(=O)N2CCN(C(=O)c3cccc(Cl)c3Cl)CC2)nnn1-c1ccc(F)cc1. The third-order valence-corrected chi connectivity index (χ3v) is 6.02. The molecule has 10 heteroatoms. The summed E-state index contributed by atoms with van der Waals surface area (Å²) in [4.78, 5) is 29.0. The lowest BCUT2D eigenvalue weighted by molar-refractivity contribution is 0.0532. The van der Waals surface area contributed by atoms with E-state index in [4.69, 9.17) is 23.2 Å². The van der Waals surface area contributed by atoms with Crippen LogP contribution in [0.5, 0.6) is 0 Å². The van der Waals surface area contributed by atoms with Gasteiger partial charge in [-0.3, -0.25) is 9.59 Å². The number of rotatable bonds is 3. The number of hydrogen-bond donors (Lipinski definition) is 0. The zero-order valence-corrected chi connectivity index (χ0v) is 18.1. The molecule has 1 saturated heterocycles. The first-order valence-electron chi connectivity index (χ1n) is 9.57. The minimum Gasteiger partial charge on any atom is -0.335 e. The van der Waals surface area contributed by atoms with Gasteiger partial charge in [-0.25, -0.2) is 9.07 Å². The molecule has 1 aromatic heterocycles. The van der Waals surface area contributed by atoms with Gasteiger partial charge in [0, 0.05) is 26.2 Å². The Hall–Kier alpha value is -2.97. The summed E-state index contributed by atoms with van der Waals surface area (Å²) in [6, 6.07) is 10.7. The lowest BCUT2D eigenvalue weighted by atomic mass is 10.1. The highest BCUT2D eigenvalue weighted by Crippen LogP contribution is 2.27. The molecule has 0 unspecified atom stereocenters. The summed E-state index contributed by atoms with van der Waals surface area (Å²) in [6.45, 7) is 3.16. The second kappa shape index (κ2) is 8.64. The Morgan fingerprint density at radius 3 is 2.19 bits per heavy atom. The molecule has 0 radical (unpaired) electrons. The summed E-state index contributed by atoms with van der Waals surface area (Å²) in [5, 5.41) is 8.61. The van der Waals surface area contributed by atoms with Crippen molar-refractivity contribution in [2.24, 2.45) is 0 Å². The van der Waals surface area contributed by atoms with Crippen LogP contribution < -0.4 is 0 Å². The molecule has 1 aliphatic rings. The number of halogens is 3. The van der Waals surface area contributed by atoms with Gasteiger partial charge in [0.05, 0.1) is 27.0 Å². The molecule has 0 N–H and O–H groups in total. The molecule has 3 aromatic rings. The molecule has 0 bridgehead atoms. The van der Waals surface area contributed by atoms with Crippen LogP contribution in [0.3, 0.4) is 0 Å². The summed E-state index contributed by atoms with van der Waals surface area (Å²) >= 11 is 12.2. The number of hydrogen-bond acceptors (Lipinski definition) is 4. The van der Waals surface area contributed by atoms with E-state index in [1.54, 1.807) is 47.1 Å². The fourth-order valence-corrected chi connectivity index (χ4v) is 3.84. The number of piperazine rings is 1. The predicted octanol–water partition coefficient (Wildman–Crippen LogP) is 3.62. The molecule has 0 spiro atoms. The van der Waals surface area contributed by atoms with Crippen molar-refractivity contribution in [3.05, 3.63) is 75.3 Å². The first-order valence-corrected chi connectivity index (χ1v) is 10.3. The molecule has 0 aliphatic carbocycles. The smallest absolute Gasteiger partial charge is 0.276 e. The topological polar surface area (TPSA) is 71.3 Å². The second-order valence-corrected chi connectivity index (χ2v) is 7.88. The van der Waals surface area contributed by atoms with Gasteiger partial charge in [-0.15, -0.1) is 5.10 Å². The lowest BCUT2D eigenvalue weighted by Gasteiger charge is -2.34. The third-order valence-electron chi connectivity index (χ3n) is 5.20. The number of carbonyl (C=O) groups excluding carboxylic acids is 2. The van der Waals surface area contributed by atoms with Crippen molar-refractivity contribution >= 4 is 35.0 Å². The Labute approximate surface area is 188 Å². The van der Waals surface area contributed by atoms with Crippen LogP contribution in [0.25, 0.3) is 5.69 Å². The summed E-state index contributed by atoms with van der Waals surface area (Å²) in [5.74, 6) is -0.846. The molecular formula is C21H18Cl2FN5O2. The summed E-state index contributed by atoms with van der Waals surface area (Å²) in [5.41, 5.74) is 1.73. The lowest BCUT2D eigenvalue weighted by Crippen LogP contribution is -2.50. The van der Waals surface area contributed by atoms with Gasteiger partial charge in [0.1, 0.15) is 5.82 Å².